The van der Waals surface area contributed by atoms with Crippen LogP contribution in [-0.4, -0.2) is 72.6 Å². The second-order valence-corrected chi connectivity index (χ2v) is 10.3. The Kier molecular flexibility index (Phi) is 14.7. The third-order valence-electron chi connectivity index (χ3n) is 5.33. The molecule has 0 bridgehead atoms. The fourth-order valence-corrected chi connectivity index (χ4v) is 3.68. The van der Waals surface area contributed by atoms with Crippen molar-refractivity contribution < 1.29 is 47.6 Å². The highest BCUT2D eigenvalue weighted by molar-refractivity contribution is 7.38. The van der Waals surface area contributed by atoms with Crippen LogP contribution in [0.3, 0.4) is 0 Å². The van der Waals surface area contributed by atoms with Gasteiger partial charge in [-0.05, 0) is 42.2 Å². The molecule has 0 spiro atoms. The van der Waals surface area contributed by atoms with Gasteiger partial charge in [-0.1, -0.05) is 44.2 Å². The molecule has 0 saturated heterocycles. The molecule has 5 atom stereocenters. The van der Waals surface area contributed by atoms with Crippen LogP contribution in [-0.2, 0) is 44.2 Å². The molecule has 13 nitrogen and oxygen atoms in total. The Morgan fingerprint density at radius 1 is 0.949 bits per heavy atom. The Bertz CT molecular complexity index is 1010. The SMILES string of the molecule is CC(=O)N[C@@H](CCc1ccccc1)C(=O)N[C@@H](CC(C)C)C(=O)N[C@H](C(=O)O)[C@@H](C)OC(=O)OCO[P+](C)=O. The lowest BCUT2D eigenvalue weighted by atomic mass is 10.0. The van der Waals surface area contributed by atoms with E-state index in [0.29, 0.717) is 6.42 Å². The van der Waals surface area contributed by atoms with Crippen LogP contribution < -0.4 is 16.0 Å². The molecular weight excluding hydrogens is 533 g/mol. The number of carbonyl (C=O) groups excluding carboxylic acids is 4. The van der Waals surface area contributed by atoms with Crippen molar-refractivity contribution in [1.82, 2.24) is 16.0 Å². The van der Waals surface area contributed by atoms with Crippen molar-refractivity contribution in [2.45, 2.75) is 71.2 Å². The molecule has 0 heterocycles. The summed E-state index contributed by atoms with van der Waals surface area (Å²) in [4.78, 5) is 61.5. The number of amides is 3. The van der Waals surface area contributed by atoms with Gasteiger partial charge in [0, 0.05) is 6.92 Å². The third kappa shape index (κ3) is 13.7. The highest BCUT2D eigenvalue weighted by atomic mass is 31.1. The van der Waals surface area contributed by atoms with Crippen molar-refractivity contribution in [2.75, 3.05) is 13.5 Å². The minimum atomic E-state index is -2.02. The fourth-order valence-electron chi connectivity index (χ4n) is 3.48. The zero-order chi connectivity index (χ0) is 29.5. The molecule has 14 heteroatoms. The van der Waals surface area contributed by atoms with Gasteiger partial charge in [0.15, 0.2) is 12.7 Å². The largest absolute Gasteiger partial charge is 0.510 e. The molecule has 3 amide bonds. The molecular formula is C25H37N3O10P+. The van der Waals surface area contributed by atoms with E-state index >= 15 is 0 Å². The average molecular weight is 571 g/mol. The summed E-state index contributed by atoms with van der Waals surface area (Å²) in [5, 5.41) is 17.1. The maximum absolute atomic E-state index is 13.1. The highest BCUT2D eigenvalue weighted by Crippen LogP contribution is 2.15. The van der Waals surface area contributed by atoms with Crippen LogP contribution in [0.4, 0.5) is 4.79 Å². The lowest BCUT2D eigenvalue weighted by Crippen LogP contribution is -2.58. The van der Waals surface area contributed by atoms with Crippen LogP contribution in [0.5, 0.6) is 0 Å². The number of aliphatic carboxylic acids is 1. The van der Waals surface area contributed by atoms with Crippen LogP contribution in [0.25, 0.3) is 0 Å². The van der Waals surface area contributed by atoms with Crippen molar-refractivity contribution in [3.63, 3.8) is 0 Å². The standard InChI is InChI=1S/C25H36N3O10P/c1-15(2)13-20(27-22(30)19(26-17(4)29)12-11-18-9-7-6-8-10-18)23(31)28-21(24(32)33)16(3)38-25(34)36-14-37-39(5)35/h6-10,15-16,19-21H,11-14H2,1-5H3,(H3-,26,27,28,29,30,31,32,33)/p+1/t16-,19+,20+,21+/m1/s1. The van der Waals surface area contributed by atoms with Gasteiger partial charge in [-0.15, -0.1) is 4.52 Å². The van der Waals surface area contributed by atoms with E-state index in [-0.39, 0.29) is 18.8 Å². The number of benzene rings is 1. The second kappa shape index (κ2) is 17.1. The summed E-state index contributed by atoms with van der Waals surface area (Å²) in [5.74, 6) is -3.40. The molecule has 0 aliphatic heterocycles. The predicted octanol–water partition coefficient (Wildman–Crippen LogP) is 2.11. The topological polar surface area (TPSA) is 186 Å². The molecule has 1 aromatic carbocycles. The van der Waals surface area contributed by atoms with Crippen molar-refractivity contribution >= 4 is 37.9 Å². The molecule has 0 radical (unpaired) electrons. The number of hydrogen-bond acceptors (Lipinski definition) is 9. The Morgan fingerprint density at radius 3 is 2.10 bits per heavy atom. The Labute approximate surface area is 228 Å². The Balaban J connectivity index is 2.92. The van der Waals surface area contributed by atoms with E-state index in [4.69, 9.17) is 4.74 Å². The second-order valence-electron chi connectivity index (χ2n) is 9.20. The molecule has 0 aromatic heterocycles. The number of ether oxygens (including phenoxy) is 2. The van der Waals surface area contributed by atoms with E-state index in [1.165, 1.54) is 20.5 Å². The van der Waals surface area contributed by atoms with Crippen LogP contribution >= 0.6 is 8.03 Å². The van der Waals surface area contributed by atoms with Gasteiger partial charge in [-0.2, -0.15) is 0 Å². The summed E-state index contributed by atoms with van der Waals surface area (Å²) >= 11 is 0. The summed E-state index contributed by atoms with van der Waals surface area (Å²) in [6, 6.07) is 5.61. The third-order valence-corrected chi connectivity index (χ3v) is 5.79. The van der Waals surface area contributed by atoms with Crippen LogP contribution in [0.15, 0.2) is 30.3 Å². The number of aryl methyl sites for hydroxylation is 1. The fraction of sp³-hybridized carbons (Fsp3) is 0.560. The molecule has 1 rings (SSSR count). The minimum Gasteiger partial charge on any atom is -0.480 e. The summed E-state index contributed by atoms with van der Waals surface area (Å²) < 4.78 is 24.9. The van der Waals surface area contributed by atoms with Gasteiger partial charge in [0.1, 0.15) is 18.2 Å². The van der Waals surface area contributed by atoms with Crippen molar-refractivity contribution in [2.24, 2.45) is 5.92 Å². The monoisotopic (exact) mass is 570 g/mol. The first-order chi connectivity index (χ1) is 18.3. The number of carbonyl (C=O) groups is 5. The number of carboxylic acid groups (broad SMARTS) is 1. The van der Waals surface area contributed by atoms with Gasteiger partial charge >= 0.3 is 20.2 Å². The van der Waals surface area contributed by atoms with E-state index in [1.54, 1.807) is 0 Å². The smallest absolute Gasteiger partial charge is 0.480 e. The Morgan fingerprint density at radius 2 is 1.56 bits per heavy atom. The molecule has 39 heavy (non-hydrogen) atoms. The highest BCUT2D eigenvalue weighted by Gasteiger charge is 2.34. The zero-order valence-electron chi connectivity index (χ0n) is 22.7. The maximum Gasteiger partial charge on any atom is 0.510 e. The molecule has 0 aliphatic carbocycles. The molecule has 4 N–H and O–H groups in total. The maximum atomic E-state index is 13.1. The summed E-state index contributed by atoms with van der Waals surface area (Å²) in [6.45, 7) is 6.72. The van der Waals surface area contributed by atoms with E-state index in [9.17, 15) is 33.6 Å². The van der Waals surface area contributed by atoms with Gasteiger partial charge in [0.25, 0.3) is 0 Å². The minimum absolute atomic E-state index is 0.0680. The van der Waals surface area contributed by atoms with Gasteiger partial charge in [0.05, 0.1) is 0 Å². The summed E-state index contributed by atoms with van der Waals surface area (Å²) in [5.41, 5.74) is 0.962. The lowest BCUT2D eigenvalue weighted by molar-refractivity contribution is -0.146. The summed E-state index contributed by atoms with van der Waals surface area (Å²) in [6.07, 6.45) is -1.73. The summed E-state index contributed by atoms with van der Waals surface area (Å²) in [7, 11) is -2.02. The van der Waals surface area contributed by atoms with Gasteiger partial charge in [0.2, 0.25) is 24.5 Å². The molecule has 0 aliphatic rings. The molecule has 0 fully saturated rings. The first-order valence-corrected chi connectivity index (χ1v) is 13.9. The van der Waals surface area contributed by atoms with Crippen LogP contribution in [0.1, 0.15) is 46.1 Å². The molecule has 216 valence electrons. The number of nitrogens with one attached hydrogen (secondary N) is 3. The quantitative estimate of drug-likeness (QED) is 0.130. The first kappa shape index (κ1) is 33.5. The van der Waals surface area contributed by atoms with Crippen LogP contribution in [0.2, 0.25) is 0 Å². The number of carboxylic acids is 1. The van der Waals surface area contributed by atoms with Crippen LogP contribution in [0, 0.1) is 5.92 Å². The predicted molar refractivity (Wildman–Crippen MR) is 140 cm³/mol. The zero-order valence-corrected chi connectivity index (χ0v) is 23.6. The van der Waals surface area contributed by atoms with Gasteiger partial charge in [-0.25, -0.2) is 9.59 Å². The lowest BCUT2D eigenvalue weighted by Gasteiger charge is -2.27. The van der Waals surface area contributed by atoms with Crippen molar-refractivity contribution in [3.05, 3.63) is 35.9 Å². The Hall–Kier alpha value is -3.57. The van der Waals surface area contributed by atoms with E-state index < -0.39 is 68.9 Å². The molecule has 1 aromatic rings. The van der Waals surface area contributed by atoms with Crippen molar-refractivity contribution in [1.29, 1.82) is 0 Å². The number of hydrogen-bond donors (Lipinski definition) is 4. The van der Waals surface area contributed by atoms with Crippen molar-refractivity contribution in [3.8, 4) is 0 Å². The van der Waals surface area contributed by atoms with Gasteiger partial charge < -0.3 is 30.5 Å². The van der Waals surface area contributed by atoms with E-state index in [2.05, 4.69) is 25.2 Å². The average Bonchev–Trinajstić information content (AvgIpc) is 2.83. The molecule has 0 saturated carbocycles. The normalized spacial score (nSPS) is 14.3. The first-order valence-electron chi connectivity index (χ1n) is 12.3. The van der Waals surface area contributed by atoms with E-state index in [1.807, 2.05) is 44.2 Å². The number of rotatable bonds is 16. The van der Waals surface area contributed by atoms with Gasteiger partial charge in [-0.3, -0.25) is 14.4 Å². The van der Waals surface area contributed by atoms with E-state index in [0.717, 1.165) is 5.56 Å². The molecule has 1 unspecified atom stereocenters.